The molecule has 0 unspecified atom stereocenters. The number of hydrogen-bond acceptors (Lipinski definition) is 3. The first-order chi connectivity index (χ1) is 12.1. The van der Waals surface area contributed by atoms with Crippen LogP contribution in [0, 0.1) is 0 Å². The summed E-state index contributed by atoms with van der Waals surface area (Å²) in [6, 6.07) is 17.0. The molecule has 0 radical (unpaired) electrons. The lowest BCUT2D eigenvalue weighted by Gasteiger charge is -2.07. The van der Waals surface area contributed by atoms with E-state index in [-0.39, 0.29) is 5.97 Å². The van der Waals surface area contributed by atoms with Gasteiger partial charge in [-0.25, -0.2) is 4.79 Å². The molecule has 0 aliphatic rings. The zero-order chi connectivity index (χ0) is 17.8. The van der Waals surface area contributed by atoms with Crippen LogP contribution in [0.1, 0.15) is 23.0 Å². The molecule has 0 N–H and O–H groups in total. The number of ether oxygens (including phenoxy) is 1. The van der Waals surface area contributed by atoms with Crippen molar-refractivity contribution >= 4 is 33.5 Å². The first-order valence-corrected chi connectivity index (χ1v) is 8.99. The average molecular weight is 420 g/mol. The summed E-state index contributed by atoms with van der Waals surface area (Å²) in [7, 11) is 0. The van der Waals surface area contributed by atoms with E-state index in [9.17, 15) is 4.79 Å². The lowest BCUT2D eigenvalue weighted by Crippen LogP contribution is -2.14. The van der Waals surface area contributed by atoms with E-state index in [2.05, 4.69) is 21.0 Å². The Kier molecular flexibility index (Phi) is 5.56. The van der Waals surface area contributed by atoms with Crippen molar-refractivity contribution < 1.29 is 9.53 Å². The second-order valence-electron chi connectivity index (χ2n) is 5.43. The predicted octanol–water partition coefficient (Wildman–Crippen LogP) is 5.19. The van der Waals surface area contributed by atoms with Crippen LogP contribution >= 0.6 is 27.5 Å². The van der Waals surface area contributed by atoms with Gasteiger partial charge < -0.3 is 4.74 Å². The number of carbonyl (C=O) groups is 1. The molecule has 6 heteroatoms. The number of esters is 1. The predicted molar refractivity (Wildman–Crippen MR) is 102 cm³/mol. The number of hydrogen-bond donors (Lipinski definition) is 0. The van der Waals surface area contributed by atoms with Crippen LogP contribution in [0.15, 0.2) is 59.1 Å². The van der Waals surface area contributed by atoms with Gasteiger partial charge in [-0.05, 0) is 42.8 Å². The third-order valence-electron chi connectivity index (χ3n) is 3.65. The number of nitrogens with zero attached hydrogens (tertiary/aromatic N) is 2. The number of carbonyl (C=O) groups excluding carboxylic acids is 1. The minimum atomic E-state index is -0.382. The Morgan fingerprint density at radius 2 is 1.84 bits per heavy atom. The monoisotopic (exact) mass is 418 g/mol. The van der Waals surface area contributed by atoms with Gasteiger partial charge >= 0.3 is 5.97 Å². The Morgan fingerprint density at radius 1 is 1.16 bits per heavy atom. The molecule has 128 valence electrons. The SMILES string of the molecule is CCOC(=O)c1cc(-c2ccc(Br)cc2)nn1Cc1ccc(Cl)cc1. The summed E-state index contributed by atoms with van der Waals surface area (Å²) in [4.78, 5) is 12.3. The van der Waals surface area contributed by atoms with Crippen molar-refractivity contribution in [3.63, 3.8) is 0 Å². The fourth-order valence-corrected chi connectivity index (χ4v) is 2.82. The molecule has 0 aliphatic carbocycles. The van der Waals surface area contributed by atoms with E-state index in [4.69, 9.17) is 16.3 Å². The van der Waals surface area contributed by atoms with E-state index in [1.165, 1.54) is 0 Å². The third-order valence-corrected chi connectivity index (χ3v) is 4.43. The normalized spacial score (nSPS) is 10.7. The van der Waals surface area contributed by atoms with Gasteiger partial charge in [0.05, 0.1) is 18.8 Å². The lowest BCUT2D eigenvalue weighted by molar-refractivity contribution is 0.0512. The molecule has 0 bridgehead atoms. The van der Waals surface area contributed by atoms with E-state index in [0.29, 0.717) is 23.9 Å². The minimum Gasteiger partial charge on any atom is -0.461 e. The highest BCUT2D eigenvalue weighted by molar-refractivity contribution is 9.10. The maximum absolute atomic E-state index is 12.3. The van der Waals surface area contributed by atoms with Gasteiger partial charge in [-0.2, -0.15) is 5.10 Å². The van der Waals surface area contributed by atoms with Crippen LogP contribution in [-0.4, -0.2) is 22.4 Å². The van der Waals surface area contributed by atoms with Crippen molar-refractivity contribution in [3.05, 3.63) is 75.4 Å². The Hall–Kier alpha value is -2.11. The van der Waals surface area contributed by atoms with Gasteiger partial charge in [0.2, 0.25) is 0 Å². The van der Waals surface area contributed by atoms with Crippen molar-refractivity contribution in [2.24, 2.45) is 0 Å². The van der Waals surface area contributed by atoms with Gasteiger partial charge in [0.15, 0.2) is 0 Å². The molecule has 3 rings (SSSR count). The highest BCUT2D eigenvalue weighted by Gasteiger charge is 2.17. The summed E-state index contributed by atoms with van der Waals surface area (Å²) in [5, 5.41) is 5.27. The van der Waals surface area contributed by atoms with E-state index < -0.39 is 0 Å². The molecule has 3 aromatic rings. The van der Waals surface area contributed by atoms with E-state index >= 15 is 0 Å². The topological polar surface area (TPSA) is 44.1 Å². The summed E-state index contributed by atoms with van der Waals surface area (Å²) >= 11 is 9.36. The van der Waals surface area contributed by atoms with E-state index in [0.717, 1.165) is 21.3 Å². The summed E-state index contributed by atoms with van der Waals surface area (Å²) in [5.41, 5.74) is 3.09. The van der Waals surface area contributed by atoms with Gasteiger partial charge in [-0.15, -0.1) is 0 Å². The van der Waals surface area contributed by atoms with Crippen LogP contribution in [0.25, 0.3) is 11.3 Å². The molecule has 0 spiro atoms. The van der Waals surface area contributed by atoms with Gasteiger partial charge in [0, 0.05) is 15.1 Å². The zero-order valence-corrected chi connectivity index (χ0v) is 15.9. The number of benzene rings is 2. The molecule has 0 saturated carbocycles. The first kappa shape index (κ1) is 17.7. The maximum atomic E-state index is 12.3. The van der Waals surface area contributed by atoms with Gasteiger partial charge in [0.25, 0.3) is 0 Å². The van der Waals surface area contributed by atoms with Crippen LogP contribution in [0.3, 0.4) is 0 Å². The van der Waals surface area contributed by atoms with Gasteiger partial charge in [-0.3, -0.25) is 4.68 Å². The van der Waals surface area contributed by atoms with Crippen LogP contribution in [0.5, 0.6) is 0 Å². The van der Waals surface area contributed by atoms with Crippen molar-refractivity contribution in [2.45, 2.75) is 13.5 Å². The van der Waals surface area contributed by atoms with E-state index in [1.807, 2.05) is 48.5 Å². The molecule has 25 heavy (non-hydrogen) atoms. The molecule has 0 aliphatic heterocycles. The Morgan fingerprint density at radius 3 is 2.48 bits per heavy atom. The summed E-state index contributed by atoms with van der Waals surface area (Å²) in [5.74, 6) is -0.382. The molecular weight excluding hydrogens is 404 g/mol. The standard InChI is InChI=1S/C19H16BrClN2O2/c1-2-25-19(24)18-11-17(14-5-7-15(20)8-6-14)22-23(18)12-13-3-9-16(21)10-4-13/h3-11H,2,12H2,1H3. The second-order valence-corrected chi connectivity index (χ2v) is 6.78. The molecule has 0 atom stereocenters. The molecular formula is C19H16BrClN2O2. The second kappa shape index (κ2) is 7.85. The molecule has 0 fully saturated rings. The molecule has 4 nitrogen and oxygen atoms in total. The minimum absolute atomic E-state index is 0.318. The smallest absolute Gasteiger partial charge is 0.356 e. The molecule has 1 aromatic heterocycles. The van der Waals surface area contributed by atoms with Gasteiger partial charge in [0.1, 0.15) is 5.69 Å². The molecule has 1 heterocycles. The third kappa shape index (κ3) is 4.30. The lowest BCUT2D eigenvalue weighted by atomic mass is 10.1. The summed E-state index contributed by atoms with van der Waals surface area (Å²) in [6.07, 6.45) is 0. The Labute approximate surface area is 159 Å². The quantitative estimate of drug-likeness (QED) is 0.535. The number of halogens is 2. The molecule has 0 amide bonds. The van der Waals surface area contributed by atoms with Crippen molar-refractivity contribution in [1.29, 1.82) is 0 Å². The van der Waals surface area contributed by atoms with Crippen LogP contribution in [0.4, 0.5) is 0 Å². The largest absolute Gasteiger partial charge is 0.461 e. The summed E-state index contributed by atoms with van der Waals surface area (Å²) < 4.78 is 7.82. The first-order valence-electron chi connectivity index (χ1n) is 7.82. The Balaban J connectivity index is 1.97. The van der Waals surface area contributed by atoms with Crippen LogP contribution < -0.4 is 0 Å². The molecule has 2 aromatic carbocycles. The van der Waals surface area contributed by atoms with Crippen molar-refractivity contribution in [1.82, 2.24) is 9.78 Å². The van der Waals surface area contributed by atoms with Crippen molar-refractivity contribution in [2.75, 3.05) is 6.61 Å². The Bertz CT molecular complexity index is 873. The number of aromatic nitrogens is 2. The van der Waals surface area contributed by atoms with Crippen LogP contribution in [0.2, 0.25) is 5.02 Å². The average Bonchev–Trinajstić information content (AvgIpc) is 3.02. The fourth-order valence-electron chi connectivity index (χ4n) is 2.43. The van der Waals surface area contributed by atoms with Crippen LogP contribution in [-0.2, 0) is 11.3 Å². The highest BCUT2D eigenvalue weighted by atomic mass is 79.9. The van der Waals surface area contributed by atoms with Gasteiger partial charge in [-0.1, -0.05) is 51.8 Å². The zero-order valence-electron chi connectivity index (χ0n) is 13.6. The summed E-state index contributed by atoms with van der Waals surface area (Å²) in [6.45, 7) is 2.56. The fraction of sp³-hybridized carbons (Fsp3) is 0.158. The maximum Gasteiger partial charge on any atom is 0.356 e. The van der Waals surface area contributed by atoms with E-state index in [1.54, 1.807) is 17.7 Å². The molecule has 0 saturated heterocycles. The van der Waals surface area contributed by atoms with Crippen molar-refractivity contribution in [3.8, 4) is 11.3 Å². The highest BCUT2D eigenvalue weighted by Crippen LogP contribution is 2.23. The number of rotatable bonds is 5.